The summed E-state index contributed by atoms with van der Waals surface area (Å²) in [7, 11) is -2.20. The molecule has 0 bridgehead atoms. The van der Waals surface area contributed by atoms with Gasteiger partial charge in [0.15, 0.2) is 0 Å². The minimum absolute atomic E-state index is 0.00275. The molecule has 7 heteroatoms. The number of sulfonamides is 1. The number of nitrogens with zero attached hydrogens (tertiary/aromatic N) is 2. The minimum atomic E-state index is -3.72. The Morgan fingerprint density at radius 3 is 2.55 bits per heavy atom. The molecule has 110 valence electrons. The number of methoxy groups -OCH3 is 1. The number of ether oxygens (including phenoxy) is 1. The molecule has 20 heavy (non-hydrogen) atoms. The molecule has 5 nitrogen and oxygen atoms in total. The van der Waals surface area contributed by atoms with Crippen molar-refractivity contribution >= 4 is 21.6 Å². The molecule has 0 fully saturated rings. The minimum Gasteiger partial charge on any atom is -0.383 e. The summed E-state index contributed by atoms with van der Waals surface area (Å²) in [6, 6.07) is 5.85. The van der Waals surface area contributed by atoms with E-state index in [1.807, 2.05) is 6.07 Å². The van der Waals surface area contributed by atoms with Crippen molar-refractivity contribution in [2.75, 3.05) is 20.3 Å². The van der Waals surface area contributed by atoms with Crippen molar-refractivity contribution in [3.8, 4) is 6.07 Å². The zero-order valence-corrected chi connectivity index (χ0v) is 13.2. The van der Waals surface area contributed by atoms with Crippen molar-refractivity contribution in [1.82, 2.24) is 4.31 Å². The second kappa shape index (κ2) is 7.04. The fourth-order valence-electron chi connectivity index (χ4n) is 1.74. The van der Waals surface area contributed by atoms with Gasteiger partial charge in [-0.25, -0.2) is 8.42 Å². The first-order chi connectivity index (χ1) is 9.34. The number of rotatable bonds is 6. The van der Waals surface area contributed by atoms with Gasteiger partial charge in [-0.1, -0.05) is 11.6 Å². The van der Waals surface area contributed by atoms with Crippen LogP contribution < -0.4 is 0 Å². The summed E-state index contributed by atoms with van der Waals surface area (Å²) in [5, 5.41) is 8.83. The number of benzene rings is 1. The lowest BCUT2D eigenvalue weighted by molar-refractivity contribution is 0.171. The molecule has 0 radical (unpaired) electrons. The molecule has 1 rings (SSSR count). The van der Waals surface area contributed by atoms with Crippen LogP contribution in [0.1, 0.15) is 19.4 Å². The van der Waals surface area contributed by atoms with Crippen LogP contribution in [-0.4, -0.2) is 39.0 Å². The van der Waals surface area contributed by atoms with Crippen LogP contribution in [-0.2, 0) is 14.8 Å². The van der Waals surface area contributed by atoms with Gasteiger partial charge >= 0.3 is 0 Å². The highest BCUT2D eigenvalue weighted by molar-refractivity contribution is 7.89. The highest BCUT2D eigenvalue weighted by atomic mass is 35.5. The SMILES string of the molecule is COCCN(C(C)C)S(=O)(=O)c1ccc(C#N)cc1Cl. The molecule has 0 aromatic heterocycles. The van der Waals surface area contributed by atoms with Crippen LogP contribution in [0.2, 0.25) is 5.02 Å². The van der Waals surface area contributed by atoms with E-state index < -0.39 is 10.0 Å². The zero-order chi connectivity index (χ0) is 15.3. The third-order valence-electron chi connectivity index (χ3n) is 2.74. The Morgan fingerprint density at radius 2 is 2.10 bits per heavy atom. The van der Waals surface area contributed by atoms with E-state index in [9.17, 15) is 8.42 Å². The molecule has 0 amide bonds. The van der Waals surface area contributed by atoms with Crippen molar-refractivity contribution in [2.45, 2.75) is 24.8 Å². The van der Waals surface area contributed by atoms with Gasteiger partial charge in [-0.05, 0) is 32.0 Å². The number of hydrogen-bond acceptors (Lipinski definition) is 4. The van der Waals surface area contributed by atoms with E-state index in [0.29, 0.717) is 12.2 Å². The quantitative estimate of drug-likeness (QED) is 0.807. The summed E-state index contributed by atoms with van der Waals surface area (Å²) in [6.07, 6.45) is 0. The highest BCUT2D eigenvalue weighted by Crippen LogP contribution is 2.26. The third-order valence-corrected chi connectivity index (χ3v) is 5.30. The van der Waals surface area contributed by atoms with E-state index in [2.05, 4.69) is 0 Å². The monoisotopic (exact) mass is 316 g/mol. The lowest BCUT2D eigenvalue weighted by Gasteiger charge is -2.26. The first kappa shape index (κ1) is 16.9. The van der Waals surface area contributed by atoms with Crippen molar-refractivity contribution in [3.05, 3.63) is 28.8 Å². The number of halogens is 1. The van der Waals surface area contributed by atoms with Crippen molar-refractivity contribution < 1.29 is 13.2 Å². The van der Waals surface area contributed by atoms with Crippen LogP contribution in [0.15, 0.2) is 23.1 Å². The molecule has 0 spiro atoms. The van der Waals surface area contributed by atoms with Gasteiger partial charge < -0.3 is 4.74 Å². The maximum atomic E-state index is 12.6. The highest BCUT2D eigenvalue weighted by Gasteiger charge is 2.28. The molecule has 0 heterocycles. The maximum absolute atomic E-state index is 12.6. The van der Waals surface area contributed by atoms with Gasteiger partial charge in [0, 0.05) is 19.7 Å². The van der Waals surface area contributed by atoms with Crippen molar-refractivity contribution in [2.24, 2.45) is 0 Å². The summed E-state index contributed by atoms with van der Waals surface area (Å²) < 4.78 is 31.5. The summed E-state index contributed by atoms with van der Waals surface area (Å²) >= 11 is 5.99. The molecule has 0 unspecified atom stereocenters. The Labute approximate surface area is 124 Å². The Hall–Kier alpha value is -1.13. The lowest BCUT2D eigenvalue weighted by atomic mass is 10.2. The topological polar surface area (TPSA) is 70.4 Å². The Morgan fingerprint density at radius 1 is 1.45 bits per heavy atom. The number of nitriles is 1. The second-order valence-corrected chi connectivity index (χ2v) is 6.73. The molecule has 0 N–H and O–H groups in total. The van der Waals surface area contributed by atoms with Crippen molar-refractivity contribution in [3.63, 3.8) is 0 Å². The molecule has 0 saturated heterocycles. The first-order valence-electron chi connectivity index (χ1n) is 6.05. The first-order valence-corrected chi connectivity index (χ1v) is 7.86. The van der Waals surface area contributed by atoms with Crippen LogP contribution in [0.3, 0.4) is 0 Å². The molecule has 0 atom stereocenters. The Bertz CT molecular complexity index is 609. The van der Waals surface area contributed by atoms with Crippen LogP contribution in [0, 0.1) is 11.3 Å². The molecule has 0 aliphatic carbocycles. The van der Waals surface area contributed by atoms with E-state index in [0.717, 1.165) is 0 Å². The van der Waals surface area contributed by atoms with E-state index in [4.69, 9.17) is 21.6 Å². The fourth-order valence-corrected chi connectivity index (χ4v) is 3.88. The average molecular weight is 317 g/mol. The summed E-state index contributed by atoms with van der Waals surface area (Å²) in [4.78, 5) is 0.00275. The summed E-state index contributed by atoms with van der Waals surface area (Å²) in [6.45, 7) is 4.10. The van der Waals surface area contributed by atoms with Gasteiger partial charge in [-0.2, -0.15) is 9.57 Å². The standard InChI is InChI=1S/C13H17ClN2O3S/c1-10(2)16(6-7-19-3)20(17,18)13-5-4-11(9-15)8-12(13)14/h4-5,8,10H,6-7H2,1-3H3. The average Bonchev–Trinajstić information content (AvgIpc) is 2.37. The molecular formula is C13H17ClN2O3S. The van der Waals surface area contributed by atoms with E-state index in [1.165, 1.54) is 29.6 Å². The second-order valence-electron chi connectivity index (χ2n) is 4.46. The fraction of sp³-hybridized carbons (Fsp3) is 0.462. The normalized spacial score (nSPS) is 11.8. The maximum Gasteiger partial charge on any atom is 0.244 e. The van der Waals surface area contributed by atoms with Gasteiger partial charge in [0.2, 0.25) is 10.0 Å². The molecular weight excluding hydrogens is 300 g/mol. The number of hydrogen-bond donors (Lipinski definition) is 0. The Balaban J connectivity index is 3.23. The molecule has 1 aromatic rings. The summed E-state index contributed by atoms with van der Waals surface area (Å²) in [5.41, 5.74) is 0.321. The van der Waals surface area contributed by atoms with Gasteiger partial charge in [-0.15, -0.1) is 0 Å². The largest absolute Gasteiger partial charge is 0.383 e. The van der Waals surface area contributed by atoms with Crippen LogP contribution in [0.5, 0.6) is 0 Å². The Kier molecular flexibility index (Phi) is 5.96. The lowest BCUT2D eigenvalue weighted by Crippen LogP contribution is -2.39. The van der Waals surface area contributed by atoms with Gasteiger partial charge in [0.1, 0.15) is 4.90 Å². The van der Waals surface area contributed by atoms with E-state index in [1.54, 1.807) is 13.8 Å². The molecule has 0 aliphatic rings. The predicted octanol–water partition coefficient (Wildman–Crippen LogP) is 2.26. The summed E-state index contributed by atoms with van der Waals surface area (Å²) in [5.74, 6) is 0. The van der Waals surface area contributed by atoms with E-state index >= 15 is 0 Å². The smallest absolute Gasteiger partial charge is 0.244 e. The van der Waals surface area contributed by atoms with Crippen LogP contribution in [0.4, 0.5) is 0 Å². The zero-order valence-electron chi connectivity index (χ0n) is 11.6. The van der Waals surface area contributed by atoms with Gasteiger partial charge in [0.25, 0.3) is 0 Å². The van der Waals surface area contributed by atoms with Crippen LogP contribution >= 0.6 is 11.6 Å². The van der Waals surface area contributed by atoms with E-state index in [-0.39, 0.29) is 22.5 Å². The van der Waals surface area contributed by atoms with Gasteiger partial charge in [0.05, 0.1) is 23.3 Å². The molecule has 0 aliphatic heterocycles. The molecule has 0 saturated carbocycles. The third kappa shape index (κ3) is 3.70. The van der Waals surface area contributed by atoms with Crippen molar-refractivity contribution in [1.29, 1.82) is 5.26 Å². The van der Waals surface area contributed by atoms with Crippen LogP contribution in [0.25, 0.3) is 0 Å². The molecule has 1 aromatic carbocycles. The van der Waals surface area contributed by atoms with Gasteiger partial charge in [-0.3, -0.25) is 0 Å². The predicted molar refractivity (Wildman–Crippen MR) is 77.1 cm³/mol.